The minimum Gasteiger partial charge on any atom is -0.478 e. The third-order valence-corrected chi connectivity index (χ3v) is 7.58. The Bertz CT molecular complexity index is 1710. The summed E-state index contributed by atoms with van der Waals surface area (Å²) in [5.41, 5.74) is 3.67. The highest BCUT2D eigenvalue weighted by Gasteiger charge is 2.32. The molecule has 0 saturated heterocycles. The number of fused-ring (bicyclic) bond motifs is 1. The number of imidazole rings is 1. The Balaban J connectivity index is 1.48. The standard InChI is InChI=1S/C33H30ClN3O5/c1-3-8-27(20-9-5-4-6-10-20)37-32(39)21-13-15-23(25(17-21)33(40)41)30-24(11-7-12-26(30)34)31-35-28-16-14-22(42-19(2)38)18-29(28)36-31/h4-7,9-18,26-27,30H,3,8H2,1-2H3,(H,35,36)(H,37,39)(H,40,41)/t26-,27+,30?/m0/s1. The van der Waals surface area contributed by atoms with Crippen molar-refractivity contribution >= 4 is 46.1 Å². The first kappa shape index (κ1) is 28.8. The second kappa shape index (κ2) is 12.4. The van der Waals surface area contributed by atoms with E-state index >= 15 is 0 Å². The summed E-state index contributed by atoms with van der Waals surface area (Å²) in [6.45, 7) is 3.37. The van der Waals surface area contributed by atoms with Crippen LogP contribution < -0.4 is 10.1 Å². The summed E-state index contributed by atoms with van der Waals surface area (Å²) < 4.78 is 5.18. The molecule has 0 radical (unpaired) electrons. The molecule has 1 heterocycles. The highest BCUT2D eigenvalue weighted by atomic mass is 35.5. The molecule has 5 rings (SSSR count). The zero-order chi connectivity index (χ0) is 29.8. The second-order valence-corrected chi connectivity index (χ2v) is 10.6. The van der Waals surface area contributed by atoms with E-state index in [-0.39, 0.29) is 23.1 Å². The first-order valence-corrected chi connectivity index (χ1v) is 14.1. The van der Waals surface area contributed by atoms with Crippen molar-refractivity contribution in [2.45, 2.75) is 44.0 Å². The van der Waals surface area contributed by atoms with Crippen molar-refractivity contribution in [3.8, 4) is 5.75 Å². The molecule has 0 spiro atoms. The number of aromatic carboxylic acids is 1. The molecule has 0 fully saturated rings. The van der Waals surface area contributed by atoms with Gasteiger partial charge in [0, 0.05) is 30.0 Å². The van der Waals surface area contributed by atoms with Gasteiger partial charge in [-0.25, -0.2) is 9.78 Å². The summed E-state index contributed by atoms with van der Waals surface area (Å²) in [7, 11) is 0. The summed E-state index contributed by atoms with van der Waals surface area (Å²) in [5, 5.41) is 12.7. The minimum absolute atomic E-state index is 0.0143. The van der Waals surface area contributed by atoms with Crippen LogP contribution in [0.25, 0.3) is 16.6 Å². The largest absolute Gasteiger partial charge is 0.478 e. The van der Waals surface area contributed by atoms with Crippen LogP contribution in [-0.4, -0.2) is 38.3 Å². The van der Waals surface area contributed by atoms with Crippen molar-refractivity contribution in [1.82, 2.24) is 15.3 Å². The molecule has 3 atom stereocenters. The Labute approximate surface area is 248 Å². The number of aromatic nitrogens is 2. The van der Waals surface area contributed by atoms with E-state index in [1.54, 1.807) is 42.5 Å². The molecule has 8 nitrogen and oxygen atoms in total. The first-order valence-electron chi connectivity index (χ1n) is 13.7. The molecule has 214 valence electrons. The van der Waals surface area contributed by atoms with E-state index in [4.69, 9.17) is 21.3 Å². The predicted octanol–water partition coefficient (Wildman–Crippen LogP) is 6.80. The number of carbonyl (C=O) groups excluding carboxylic acids is 2. The highest BCUT2D eigenvalue weighted by molar-refractivity contribution is 6.23. The molecule has 9 heteroatoms. The second-order valence-electron chi connectivity index (χ2n) is 10.1. The number of hydrogen-bond acceptors (Lipinski definition) is 5. The first-order chi connectivity index (χ1) is 20.2. The van der Waals surface area contributed by atoms with Crippen LogP contribution in [0.5, 0.6) is 5.75 Å². The van der Waals surface area contributed by atoms with Gasteiger partial charge in [-0.3, -0.25) is 9.59 Å². The van der Waals surface area contributed by atoms with Gasteiger partial charge in [0.05, 0.1) is 28.0 Å². The molecule has 3 N–H and O–H groups in total. The van der Waals surface area contributed by atoms with Gasteiger partial charge in [-0.1, -0.05) is 68.0 Å². The Kier molecular flexibility index (Phi) is 8.54. The van der Waals surface area contributed by atoms with Crippen LogP contribution in [0.15, 0.2) is 85.0 Å². The Morgan fingerprint density at radius 1 is 1.10 bits per heavy atom. The molecule has 0 bridgehead atoms. The van der Waals surface area contributed by atoms with Crippen molar-refractivity contribution in [2.24, 2.45) is 0 Å². The third-order valence-electron chi connectivity index (χ3n) is 7.18. The van der Waals surface area contributed by atoms with E-state index in [9.17, 15) is 19.5 Å². The number of halogens is 1. The summed E-state index contributed by atoms with van der Waals surface area (Å²) in [4.78, 5) is 45.2. The number of esters is 1. The third kappa shape index (κ3) is 6.14. The monoisotopic (exact) mass is 583 g/mol. The summed E-state index contributed by atoms with van der Waals surface area (Å²) >= 11 is 6.79. The smallest absolute Gasteiger partial charge is 0.336 e. The molecule has 1 amide bonds. The Hall–Kier alpha value is -4.69. The van der Waals surface area contributed by atoms with Crippen molar-refractivity contribution in [1.29, 1.82) is 0 Å². The zero-order valence-electron chi connectivity index (χ0n) is 23.1. The van der Waals surface area contributed by atoms with Gasteiger partial charge in [-0.15, -0.1) is 11.6 Å². The lowest BCUT2D eigenvalue weighted by atomic mass is 9.81. The molecule has 0 saturated carbocycles. The number of carboxylic acids is 1. The molecular weight excluding hydrogens is 554 g/mol. The maximum absolute atomic E-state index is 13.3. The number of allylic oxidation sites excluding steroid dienone is 4. The fraction of sp³-hybridized carbons (Fsp3) is 0.212. The number of carbonyl (C=O) groups is 3. The van der Waals surface area contributed by atoms with Crippen LogP contribution >= 0.6 is 11.6 Å². The van der Waals surface area contributed by atoms with Crippen molar-refractivity contribution in [3.05, 3.63) is 113 Å². The average molecular weight is 584 g/mol. The topological polar surface area (TPSA) is 121 Å². The van der Waals surface area contributed by atoms with E-state index in [1.807, 2.05) is 43.3 Å². The van der Waals surface area contributed by atoms with Gasteiger partial charge in [0.2, 0.25) is 0 Å². The highest BCUT2D eigenvalue weighted by Crippen LogP contribution is 2.41. The van der Waals surface area contributed by atoms with Gasteiger partial charge in [0.15, 0.2) is 0 Å². The molecule has 1 aromatic heterocycles. The number of rotatable bonds is 9. The zero-order valence-corrected chi connectivity index (χ0v) is 23.9. The predicted molar refractivity (Wildman–Crippen MR) is 162 cm³/mol. The van der Waals surface area contributed by atoms with E-state index in [0.717, 1.165) is 18.4 Å². The van der Waals surface area contributed by atoms with E-state index in [0.29, 0.717) is 33.7 Å². The van der Waals surface area contributed by atoms with Crippen molar-refractivity contribution in [3.63, 3.8) is 0 Å². The maximum Gasteiger partial charge on any atom is 0.336 e. The summed E-state index contributed by atoms with van der Waals surface area (Å²) in [5.74, 6) is -1.64. The average Bonchev–Trinajstić information content (AvgIpc) is 3.40. The molecule has 4 aromatic rings. The van der Waals surface area contributed by atoms with E-state index in [1.165, 1.54) is 13.0 Å². The lowest BCUT2D eigenvalue weighted by Gasteiger charge is -2.27. The van der Waals surface area contributed by atoms with Gasteiger partial charge in [0.1, 0.15) is 11.6 Å². The normalized spacial score (nSPS) is 17.0. The van der Waals surface area contributed by atoms with Gasteiger partial charge in [-0.05, 0) is 41.8 Å². The number of aromatic amines is 1. The summed E-state index contributed by atoms with van der Waals surface area (Å²) in [6, 6.07) is 19.3. The van der Waals surface area contributed by atoms with E-state index in [2.05, 4.69) is 10.3 Å². The van der Waals surface area contributed by atoms with E-state index < -0.39 is 23.2 Å². The van der Waals surface area contributed by atoms with Crippen LogP contribution in [0, 0.1) is 0 Å². The quantitative estimate of drug-likeness (QED) is 0.113. The fourth-order valence-electron chi connectivity index (χ4n) is 5.26. The number of benzene rings is 3. The van der Waals surface area contributed by atoms with Crippen molar-refractivity contribution in [2.75, 3.05) is 0 Å². The van der Waals surface area contributed by atoms with Gasteiger partial charge < -0.3 is 20.1 Å². The van der Waals surface area contributed by atoms with Crippen LogP contribution in [0.1, 0.15) is 76.3 Å². The number of nitrogens with zero attached hydrogens (tertiary/aromatic N) is 1. The number of nitrogens with one attached hydrogen (secondary N) is 2. The van der Waals surface area contributed by atoms with Crippen LogP contribution in [0.2, 0.25) is 0 Å². The SMILES string of the molecule is CCC[C@@H](NC(=O)c1ccc(C2C(c3nc4cc(OC(C)=O)ccc4[nH]3)=CC=C[C@@H]2Cl)c(C(=O)O)c1)c1ccccc1. The molecule has 1 aliphatic carbocycles. The molecule has 42 heavy (non-hydrogen) atoms. The number of amides is 1. The minimum atomic E-state index is -1.17. The summed E-state index contributed by atoms with van der Waals surface area (Å²) in [6.07, 6.45) is 7.05. The van der Waals surface area contributed by atoms with Crippen LogP contribution in [-0.2, 0) is 4.79 Å². The Morgan fingerprint density at radius 3 is 2.60 bits per heavy atom. The lowest BCUT2D eigenvalue weighted by Crippen LogP contribution is -2.29. The van der Waals surface area contributed by atoms with Gasteiger partial charge in [-0.2, -0.15) is 0 Å². The fourth-order valence-corrected chi connectivity index (χ4v) is 5.62. The van der Waals surface area contributed by atoms with Crippen molar-refractivity contribution < 1.29 is 24.2 Å². The van der Waals surface area contributed by atoms with Crippen LogP contribution in [0.3, 0.4) is 0 Å². The number of H-pyrrole nitrogens is 1. The number of carboxylic acid groups (broad SMARTS) is 1. The molecule has 1 unspecified atom stereocenters. The van der Waals surface area contributed by atoms with Gasteiger partial charge in [0.25, 0.3) is 5.91 Å². The molecule has 3 aromatic carbocycles. The molecule has 1 aliphatic rings. The Morgan fingerprint density at radius 2 is 1.88 bits per heavy atom. The molecular formula is C33H30ClN3O5. The van der Waals surface area contributed by atoms with Crippen LogP contribution in [0.4, 0.5) is 0 Å². The lowest BCUT2D eigenvalue weighted by molar-refractivity contribution is -0.131. The number of alkyl halides is 1. The number of ether oxygens (including phenoxy) is 1. The maximum atomic E-state index is 13.3. The molecule has 0 aliphatic heterocycles. The van der Waals surface area contributed by atoms with Gasteiger partial charge >= 0.3 is 11.9 Å². The number of hydrogen-bond donors (Lipinski definition) is 3.